The van der Waals surface area contributed by atoms with Crippen LogP contribution in [0.1, 0.15) is 24.5 Å². The fourth-order valence-electron chi connectivity index (χ4n) is 1.67. The van der Waals surface area contributed by atoms with Crippen molar-refractivity contribution in [3.05, 3.63) is 15.5 Å². The van der Waals surface area contributed by atoms with Crippen molar-refractivity contribution in [1.82, 2.24) is 15.5 Å². The predicted octanol–water partition coefficient (Wildman–Crippen LogP) is 1.48. The van der Waals surface area contributed by atoms with Gasteiger partial charge in [-0.2, -0.15) is 5.10 Å². The van der Waals surface area contributed by atoms with E-state index in [1.165, 1.54) is 28.7 Å². The van der Waals surface area contributed by atoms with Crippen molar-refractivity contribution in [2.45, 2.75) is 18.8 Å². The summed E-state index contributed by atoms with van der Waals surface area (Å²) in [6.45, 7) is 2.26. The Hall–Kier alpha value is -0.100. The average molecular weight is 277 g/mol. The molecular formula is C8H12IN3. The SMILES string of the molecule is Ic1cn[nH]c1C1CCCNC1. The van der Waals surface area contributed by atoms with Gasteiger partial charge in [-0.3, -0.25) is 5.10 Å². The highest BCUT2D eigenvalue weighted by Crippen LogP contribution is 2.24. The van der Waals surface area contributed by atoms with E-state index in [1.54, 1.807) is 0 Å². The van der Waals surface area contributed by atoms with E-state index in [0.717, 1.165) is 6.54 Å². The smallest absolute Gasteiger partial charge is 0.0624 e. The van der Waals surface area contributed by atoms with Gasteiger partial charge in [0.25, 0.3) is 0 Å². The Labute approximate surface area is 85.5 Å². The minimum atomic E-state index is 0.646. The van der Waals surface area contributed by atoms with Gasteiger partial charge in [0.05, 0.1) is 15.5 Å². The summed E-state index contributed by atoms with van der Waals surface area (Å²) in [6, 6.07) is 0. The summed E-state index contributed by atoms with van der Waals surface area (Å²) >= 11 is 2.34. The molecule has 66 valence electrons. The molecule has 1 fully saturated rings. The van der Waals surface area contributed by atoms with Crippen LogP contribution in [0.25, 0.3) is 0 Å². The van der Waals surface area contributed by atoms with Crippen molar-refractivity contribution < 1.29 is 0 Å². The van der Waals surface area contributed by atoms with Crippen LogP contribution in [0.5, 0.6) is 0 Å². The van der Waals surface area contributed by atoms with Crippen LogP contribution in [-0.4, -0.2) is 23.3 Å². The highest BCUT2D eigenvalue weighted by molar-refractivity contribution is 14.1. The highest BCUT2D eigenvalue weighted by atomic mass is 127. The number of halogens is 1. The van der Waals surface area contributed by atoms with E-state index in [9.17, 15) is 0 Å². The molecule has 12 heavy (non-hydrogen) atoms. The third-order valence-corrected chi connectivity index (χ3v) is 3.18. The van der Waals surface area contributed by atoms with Gasteiger partial charge in [0.15, 0.2) is 0 Å². The van der Waals surface area contributed by atoms with E-state index in [4.69, 9.17) is 0 Å². The topological polar surface area (TPSA) is 40.7 Å². The first kappa shape index (κ1) is 8.50. The molecule has 0 aromatic carbocycles. The lowest BCUT2D eigenvalue weighted by Crippen LogP contribution is -2.28. The summed E-state index contributed by atoms with van der Waals surface area (Å²) in [4.78, 5) is 0. The fourth-order valence-corrected chi connectivity index (χ4v) is 2.37. The zero-order valence-electron chi connectivity index (χ0n) is 6.81. The number of aromatic amines is 1. The molecule has 0 spiro atoms. The quantitative estimate of drug-likeness (QED) is 0.763. The van der Waals surface area contributed by atoms with Gasteiger partial charge in [-0.1, -0.05) is 0 Å². The molecule has 2 rings (SSSR count). The summed E-state index contributed by atoms with van der Waals surface area (Å²) in [7, 11) is 0. The Kier molecular flexibility index (Phi) is 2.65. The van der Waals surface area contributed by atoms with Gasteiger partial charge in [-0.15, -0.1) is 0 Å². The minimum absolute atomic E-state index is 0.646. The van der Waals surface area contributed by atoms with Gasteiger partial charge in [0.1, 0.15) is 0 Å². The Morgan fingerprint density at radius 1 is 1.58 bits per heavy atom. The summed E-state index contributed by atoms with van der Waals surface area (Å²) in [5.41, 5.74) is 1.31. The molecule has 1 atom stereocenters. The second kappa shape index (κ2) is 3.74. The fraction of sp³-hybridized carbons (Fsp3) is 0.625. The number of nitrogens with zero attached hydrogens (tertiary/aromatic N) is 1. The molecule has 0 amide bonds. The maximum Gasteiger partial charge on any atom is 0.0624 e. The lowest BCUT2D eigenvalue weighted by atomic mass is 9.96. The first-order valence-corrected chi connectivity index (χ1v) is 5.35. The molecule has 0 aliphatic carbocycles. The second-order valence-electron chi connectivity index (χ2n) is 3.17. The van der Waals surface area contributed by atoms with Crippen LogP contribution in [0.4, 0.5) is 0 Å². The molecule has 4 heteroatoms. The first-order valence-electron chi connectivity index (χ1n) is 4.27. The number of piperidine rings is 1. The average Bonchev–Trinajstić information content (AvgIpc) is 2.53. The summed E-state index contributed by atoms with van der Waals surface area (Å²) in [6.07, 6.45) is 4.45. The Morgan fingerprint density at radius 3 is 3.08 bits per heavy atom. The van der Waals surface area contributed by atoms with Crippen molar-refractivity contribution in [1.29, 1.82) is 0 Å². The Morgan fingerprint density at radius 2 is 2.50 bits per heavy atom. The van der Waals surface area contributed by atoms with E-state index in [0.29, 0.717) is 5.92 Å². The van der Waals surface area contributed by atoms with Crippen molar-refractivity contribution in [2.75, 3.05) is 13.1 Å². The summed E-state index contributed by atoms with van der Waals surface area (Å²) < 4.78 is 1.27. The molecule has 1 saturated heterocycles. The first-order chi connectivity index (χ1) is 5.88. The maximum atomic E-state index is 4.04. The van der Waals surface area contributed by atoms with E-state index in [1.807, 2.05) is 6.20 Å². The van der Waals surface area contributed by atoms with E-state index in [2.05, 4.69) is 38.1 Å². The molecule has 3 nitrogen and oxygen atoms in total. The second-order valence-corrected chi connectivity index (χ2v) is 4.34. The molecule has 1 unspecified atom stereocenters. The maximum absolute atomic E-state index is 4.04. The summed E-state index contributed by atoms with van der Waals surface area (Å²) in [5, 5.41) is 10.5. The van der Waals surface area contributed by atoms with Crippen molar-refractivity contribution in [2.24, 2.45) is 0 Å². The number of aromatic nitrogens is 2. The monoisotopic (exact) mass is 277 g/mol. The highest BCUT2D eigenvalue weighted by Gasteiger charge is 2.18. The number of rotatable bonds is 1. The van der Waals surface area contributed by atoms with Gasteiger partial charge in [0.2, 0.25) is 0 Å². The zero-order chi connectivity index (χ0) is 8.39. The molecule has 1 aliphatic rings. The van der Waals surface area contributed by atoms with Crippen LogP contribution in [-0.2, 0) is 0 Å². The largest absolute Gasteiger partial charge is 0.316 e. The van der Waals surface area contributed by atoms with Gasteiger partial charge < -0.3 is 5.32 Å². The van der Waals surface area contributed by atoms with Gasteiger partial charge in [-0.05, 0) is 42.0 Å². The van der Waals surface area contributed by atoms with Gasteiger partial charge in [-0.25, -0.2) is 0 Å². The van der Waals surface area contributed by atoms with E-state index < -0.39 is 0 Å². The Bertz CT molecular complexity index is 253. The van der Waals surface area contributed by atoms with Crippen molar-refractivity contribution >= 4 is 22.6 Å². The number of hydrogen-bond acceptors (Lipinski definition) is 2. The van der Waals surface area contributed by atoms with Gasteiger partial charge in [0, 0.05) is 12.5 Å². The molecule has 0 bridgehead atoms. The molecule has 2 heterocycles. The predicted molar refractivity (Wildman–Crippen MR) is 56.1 cm³/mol. The van der Waals surface area contributed by atoms with Crippen LogP contribution in [0.3, 0.4) is 0 Å². The standard InChI is InChI=1S/C8H12IN3/c9-7-5-11-12-8(7)6-2-1-3-10-4-6/h5-6,10H,1-4H2,(H,11,12). The van der Waals surface area contributed by atoms with Gasteiger partial charge >= 0.3 is 0 Å². The number of nitrogens with one attached hydrogen (secondary N) is 2. The summed E-state index contributed by atoms with van der Waals surface area (Å²) in [5.74, 6) is 0.646. The molecular weight excluding hydrogens is 265 g/mol. The van der Waals surface area contributed by atoms with Crippen molar-refractivity contribution in [3.63, 3.8) is 0 Å². The molecule has 2 N–H and O–H groups in total. The zero-order valence-corrected chi connectivity index (χ0v) is 8.97. The molecule has 0 saturated carbocycles. The van der Waals surface area contributed by atoms with Crippen LogP contribution in [0.2, 0.25) is 0 Å². The lowest BCUT2D eigenvalue weighted by Gasteiger charge is -2.21. The number of hydrogen-bond donors (Lipinski definition) is 2. The lowest BCUT2D eigenvalue weighted by molar-refractivity contribution is 0.453. The van der Waals surface area contributed by atoms with E-state index in [-0.39, 0.29) is 0 Å². The van der Waals surface area contributed by atoms with Crippen LogP contribution >= 0.6 is 22.6 Å². The molecule has 1 aromatic rings. The Balaban J connectivity index is 2.13. The minimum Gasteiger partial charge on any atom is -0.316 e. The van der Waals surface area contributed by atoms with Crippen LogP contribution < -0.4 is 5.32 Å². The molecule has 1 aromatic heterocycles. The van der Waals surface area contributed by atoms with Crippen LogP contribution in [0, 0.1) is 3.57 Å². The number of H-pyrrole nitrogens is 1. The molecule has 0 radical (unpaired) electrons. The third-order valence-electron chi connectivity index (χ3n) is 2.33. The van der Waals surface area contributed by atoms with Crippen molar-refractivity contribution in [3.8, 4) is 0 Å². The van der Waals surface area contributed by atoms with Crippen LogP contribution in [0.15, 0.2) is 6.20 Å². The normalized spacial score (nSPS) is 24.2. The van der Waals surface area contributed by atoms with E-state index >= 15 is 0 Å². The molecule has 1 aliphatic heterocycles. The third kappa shape index (κ3) is 1.64.